The Bertz CT molecular complexity index is 700. The van der Waals surface area contributed by atoms with Crippen LogP contribution in [0.3, 0.4) is 0 Å². The van der Waals surface area contributed by atoms with Crippen LogP contribution in [0.25, 0.3) is 0 Å². The average Bonchev–Trinajstić information content (AvgIpc) is 2.65. The Hall–Kier alpha value is -2.88. The third-order valence-corrected chi connectivity index (χ3v) is 3.42. The molecular weight excluding hydrogens is 308 g/mol. The highest BCUT2D eigenvalue weighted by Crippen LogP contribution is 2.20. The van der Waals surface area contributed by atoms with E-state index in [-0.39, 0.29) is 6.54 Å². The molecule has 0 fully saturated rings. The molecule has 0 heterocycles. The number of carbonyl (C=O) groups excluding carboxylic acids is 1. The van der Waals surface area contributed by atoms with Crippen molar-refractivity contribution in [3.8, 4) is 6.07 Å². The van der Waals surface area contributed by atoms with Gasteiger partial charge in [0.2, 0.25) is 6.29 Å². The topological polar surface area (TPSA) is 91.6 Å². The van der Waals surface area contributed by atoms with Gasteiger partial charge in [-0.05, 0) is 5.56 Å². The Balaban J connectivity index is 1.98. The minimum Gasteiger partial charge on any atom is -0.415 e. The van der Waals surface area contributed by atoms with Crippen molar-refractivity contribution in [2.24, 2.45) is 0 Å². The van der Waals surface area contributed by atoms with Gasteiger partial charge in [0.15, 0.2) is 5.60 Å². The van der Waals surface area contributed by atoms with E-state index in [9.17, 15) is 15.2 Å². The van der Waals surface area contributed by atoms with Gasteiger partial charge in [-0.2, -0.15) is 5.26 Å². The van der Waals surface area contributed by atoms with Gasteiger partial charge in [0.1, 0.15) is 6.07 Å². The van der Waals surface area contributed by atoms with E-state index in [4.69, 9.17) is 9.47 Å². The van der Waals surface area contributed by atoms with Gasteiger partial charge in [-0.25, -0.2) is 4.79 Å². The Labute approximate surface area is 140 Å². The zero-order valence-electron chi connectivity index (χ0n) is 13.2. The fourth-order valence-electron chi connectivity index (χ4n) is 2.12. The number of benzene rings is 2. The summed E-state index contributed by atoms with van der Waals surface area (Å²) in [6.45, 7) is -0.308. The molecule has 0 radical (unpaired) electrons. The van der Waals surface area contributed by atoms with Crippen LogP contribution in [0.4, 0.5) is 4.79 Å². The number of nitrogens with zero attached hydrogens (tertiary/aromatic N) is 1. The van der Waals surface area contributed by atoms with Crippen molar-refractivity contribution in [2.45, 2.75) is 11.9 Å². The maximum absolute atomic E-state index is 11.9. The first-order chi connectivity index (χ1) is 11.6. The number of carbonyl (C=O) groups is 1. The second kappa shape index (κ2) is 8.11. The van der Waals surface area contributed by atoms with Crippen LogP contribution in [0, 0.1) is 11.3 Å². The predicted octanol–water partition coefficient (Wildman–Crippen LogP) is 2.47. The number of alkyl carbamates (subject to hydrolysis) is 1. The third-order valence-electron chi connectivity index (χ3n) is 3.42. The molecule has 0 saturated heterocycles. The van der Waals surface area contributed by atoms with Gasteiger partial charge in [0.25, 0.3) is 0 Å². The second-order valence-electron chi connectivity index (χ2n) is 5.08. The normalized spacial score (nSPS) is 14.0. The summed E-state index contributed by atoms with van der Waals surface area (Å²) in [4.78, 5) is 11.9. The number of amides is 1. The largest absolute Gasteiger partial charge is 0.415 e. The summed E-state index contributed by atoms with van der Waals surface area (Å²) < 4.78 is 10.3. The number of nitrogens with one attached hydrogen (secondary N) is 1. The van der Waals surface area contributed by atoms with E-state index in [1.165, 1.54) is 7.11 Å². The number of hydrogen-bond donors (Lipinski definition) is 2. The van der Waals surface area contributed by atoms with E-state index in [0.29, 0.717) is 11.1 Å². The first-order valence-corrected chi connectivity index (χ1v) is 7.30. The van der Waals surface area contributed by atoms with Crippen molar-refractivity contribution in [3.05, 3.63) is 71.8 Å². The molecule has 0 saturated carbocycles. The number of methoxy groups -OCH3 is 1. The van der Waals surface area contributed by atoms with Crippen LogP contribution >= 0.6 is 0 Å². The maximum Gasteiger partial charge on any atom is 0.409 e. The molecule has 124 valence electrons. The number of aliphatic hydroxyl groups is 1. The van der Waals surface area contributed by atoms with Crippen LogP contribution in [0.1, 0.15) is 17.4 Å². The molecule has 1 amide bonds. The fourth-order valence-corrected chi connectivity index (χ4v) is 2.12. The first-order valence-electron chi connectivity index (χ1n) is 7.30. The molecule has 2 unspecified atom stereocenters. The maximum atomic E-state index is 11.9. The predicted molar refractivity (Wildman–Crippen MR) is 86.6 cm³/mol. The standard InChI is InChI=1S/C18H18N2O4/c1-23-16(14-8-4-2-5-9-14)24-17(21)20-13-18(22,12-19)15-10-6-3-7-11-15/h2-11,16,22H,13H2,1H3,(H,20,21). The van der Waals surface area contributed by atoms with Crippen LogP contribution in [-0.2, 0) is 15.1 Å². The molecule has 0 spiro atoms. The van der Waals surface area contributed by atoms with E-state index in [1.807, 2.05) is 6.07 Å². The highest BCUT2D eigenvalue weighted by molar-refractivity contribution is 5.67. The molecule has 0 aliphatic heterocycles. The summed E-state index contributed by atoms with van der Waals surface area (Å²) >= 11 is 0. The van der Waals surface area contributed by atoms with Crippen LogP contribution in [0.15, 0.2) is 60.7 Å². The molecular formula is C18H18N2O4. The first kappa shape index (κ1) is 17.5. The van der Waals surface area contributed by atoms with Crippen molar-refractivity contribution in [2.75, 3.05) is 13.7 Å². The van der Waals surface area contributed by atoms with E-state index in [0.717, 1.165) is 0 Å². The van der Waals surface area contributed by atoms with Gasteiger partial charge in [-0.15, -0.1) is 0 Å². The summed E-state index contributed by atoms with van der Waals surface area (Å²) in [7, 11) is 1.42. The molecule has 0 bridgehead atoms. The molecule has 2 N–H and O–H groups in total. The minimum atomic E-state index is -1.84. The van der Waals surface area contributed by atoms with Crippen LogP contribution < -0.4 is 5.32 Å². The van der Waals surface area contributed by atoms with Crippen molar-refractivity contribution < 1.29 is 19.4 Å². The van der Waals surface area contributed by atoms with Gasteiger partial charge in [0.05, 0.1) is 6.54 Å². The number of hydrogen-bond acceptors (Lipinski definition) is 5. The number of rotatable bonds is 6. The molecule has 0 aliphatic carbocycles. The number of nitriles is 1. The zero-order valence-corrected chi connectivity index (χ0v) is 13.2. The summed E-state index contributed by atoms with van der Waals surface area (Å²) in [6.07, 6.45) is -1.67. The summed E-state index contributed by atoms with van der Waals surface area (Å²) in [5.41, 5.74) is -0.775. The monoisotopic (exact) mass is 326 g/mol. The Morgan fingerprint density at radius 3 is 2.33 bits per heavy atom. The Kier molecular flexibility index (Phi) is 5.90. The molecule has 2 rings (SSSR count). The molecule has 6 heteroatoms. The van der Waals surface area contributed by atoms with E-state index < -0.39 is 18.0 Å². The van der Waals surface area contributed by atoms with Gasteiger partial charge in [-0.3, -0.25) is 0 Å². The summed E-state index contributed by atoms with van der Waals surface area (Å²) in [5, 5.41) is 22.0. The second-order valence-corrected chi connectivity index (χ2v) is 5.08. The smallest absolute Gasteiger partial charge is 0.409 e. The highest BCUT2D eigenvalue weighted by atomic mass is 16.7. The Morgan fingerprint density at radius 1 is 1.21 bits per heavy atom. The lowest BCUT2D eigenvalue weighted by atomic mass is 9.95. The molecule has 2 aromatic carbocycles. The van der Waals surface area contributed by atoms with Crippen LogP contribution in [0.5, 0.6) is 0 Å². The van der Waals surface area contributed by atoms with Gasteiger partial charge in [-0.1, -0.05) is 60.7 Å². The minimum absolute atomic E-state index is 0.308. The highest BCUT2D eigenvalue weighted by Gasteiger charge is 2.30. The van der Waals surface area contributed by atoms with Gasteiger partial charge < -0.3 is 19.9 Å². The van der Waals surface area contributed by atoms with Crippen molar-refractivity contribution in [1.29, 1.82) is 5.26 Å². The molecule has 2 aromatic rings. The van der Waals surface area contributed by atoms with E-state index in [2.05, 4.69) is 5.32 Å². The SMILES string of the molecule is COC(OC(=O)NCC(O)(C#N)c1ccccc1)c1ccccc1. The lowest BCUT2D eigenvalue weighted by Gasteiger charge is -2.22. The van der Waals surface area contributed by atoms with Crippen LogP contribution in [0.2, 0.25) is 0 Å². The quantitative estimate of drug-likeness (QED) is 0.628. The summed E-state index contributed by atoms with van der Waals surface area (Å²) in [6, 6.07) is 19.1. The molecule has 2 atom stereocenters. The van der Waals surface area contributed by atoms with Gasteiger partial charge >= 0.3 is 6.09 Å². The molecule has 6 nitrogen and oxygen atoms in total. The Morgan fingerprint density at radius 2 is 1.79 bits per heavy atom. The van der Waals surface area contributed by atoms with Crippen molar-refractivity contribution >= 4 is 6.09 Å². The number of ether oxygens (including phenoxy) is 2. The lowest BCUT2D eigenvalue weighted by molar-refractivity contribution is -0.0853. The van der Waals surface area contributed by atoms with Crippen molar-refractivity contribution in [1.82, 2.24) is 5.32 Å². The van der Waals surface area contributed by atoms with E-state index >= 15 is 0 Å². The van der Waals surface area contributed by atoms with Crippen molar-refractivity contribution in [3.63, 3.8) is 0 Å². The fraction of sp³-hybridized carbons (Fsp3) is 0.222. The molecule has 0 aliphatic rings. The average molecular weight is 326 g/mol. The lowest BCUT2D eigenvalue weighted by Crippen LogP contribution is -2.40. The third kappa shape index (κ3) is 4.32. The molecule has 24 heavy (non-hydrogen) atoms. The zero-order chi connectivity index (χ0) is 17.4. The van der Waals surface area contributed by atoms with Crippen LogP contribution in [-0.4, -0.2) is 24.9 Å². The molecule has 0 aromatic heterocycles. The van der Waals surface area contributed by atoms with E-state index in [1.54, 1.807) is 60.7 Å². The summed E-state index contributed by atoms with van der Waals surface area (Å²) in [5.74, 6) is 0. The van der Waals surface area contributed by atoms with Gasteiger partial charge in [0, 0.05) is 12.7 Å².